The lowest BCUT2D eigenvalue weighted by molar-refractivity contribution is 0.0540. The maximum absolute atomic E-state index is 13.2. The standard InChI is InChI=1S/C19H23N3O4S/c1-13-7-9-16(15-5-3-4-6-17(15)26-2)22(12-13)19(23)14-8-10-18(21-11-14)27(20,24)25/h3-6,8,10-11,13,16H,7,9,12H2,1-2H3,(H2,20,24,25). The molecule has 2 heterocycles. The van der Waals surface area contributed by atoms with Gasteiger partial charge < -0.3 is 9.64 Å². The molecule has 0 saturated carbocycles. The second-order valence-corrected chi connectivity index (χ2v) is 8.34. The quantitative estimate of drug-likeness (QED) is 0.865. The number of nitrogens with two attached hydrogens (primary N) is 1. The third-order valence-electron chi connectivity index (χ3n) is 4.85. The average molecular weight is 389 g/mol. The van der Waals surface area contributed by atoms with Crippen molar-refractivity contribution in [2.75, 3.05) is 13.7 Å². The molecule has 1 aliphatic rings. The number of amides is 1. The number of likely N-dealkylation sites (tertiary alicyclic amines) is 1. The van der Waals surface area contributed by atoms with Crippen LogP contribution < -0.4 is 9.88 Å². The molecule has 1 amide bonds. The van der Waals surface area contributed by atoms with Gasteiger partial charge in [0.25, 0.3) is 15.9 Å². The number of piperidine rings is 1. The molecule has 1 aromatic heterocycles. The zero-order valence-corrected chi connectivity index (χ0v) is 16.1. The first-order valence-electron chi connectivity index (χ1n) is 8.74. The lowest BCUT2D eigenvalue weighted by Gasteiger charge is -2.39. The maximum Gasteiger partial charge on any atom is 0.255 e. The van der Waals surface area contributed by atoms with Crippen LogP contribution in [0.1, 0.15) is 41.7 Å². The summed E-state index contributed by atoms with van der Waals surface area (Å²) in [5, 5.41) is 4.82. The number of benzene rings is 1. The van der Waals surface area contributed by atoms with Gasteiger partial charge in [-0.3, -0.25) is 4.79 Å². The first-order valence-corrected chi connectivity index (χ1v) is 10.3. The van der Waals surface area contributed by atoms with Crippen molar-refractivity contribution in [1.82, 2.24) is 9.88 Å². The number of carbonyl (C=O) groups is 1. The second-order valence-electron chi connectivity index (χ2n) is 6.83. The molecule has 2 aromatic rings. The highest BCUT2D eigenvalue weighted by Gasteiger charge is 2.33. The molecule has 0 spiro atoms. The van der Waals surface area contributed by atoms with Crippen LogP contribution in [0, 0.1) is 5.92 Å². The van der Waals surface area contributed by atoms with E-state index in [0.717, 1.165) is 24.2 Å². The molecule has 144 valence electrons. The molecule has 2 N–H and O–H groups in total. The van der Waals surface area contributed by atoms with Gasteiger partial charge in [-0.2, -0.15) is 0 Å². The Labute approximate surface area is 159 Å². The Bertz CT molecular complexity index is 928. The second kappa shape index (κ2) is 7.66. The first-order chi connectivity index (χ1) is 12.8. The van der Waals surface area contributed by atoms with Gasteiger partial charge in [-0.25, -0.2) is 18.5 Å². The number of pyridine rings is 1. The third-order valence-corrected chi connectivity index (χ3v) is 5.68. The summed E-state index contributed by atoms with van der Waals surface area (Å²) < 4.78 is 28.2. The molecule has 1 fully saturated rings. The zero-order chi connectivity index (χ0) is 19.6. The monoisotopic (exact) mass is 389 g/mol. The smallest absolute Gasteiger partial charge is 0.255 e. The van der Waals surface area contributed by atoms with Crippen LogP contribution in [0.5, 0.6) is 5.75 Å². The molecule has 0 bridgehead atoms. The number of hydrogen-bond donors (Lipinski definition) is 1. The van der Waals surface area contributed by atoms with E-state index in [0.29, 0.717) is 18.0 Å². The van der Waals surface area contributed by atoms with Crippen molar-refractivity contribution in [2.45, 2.75) is 30.8 Å². The van der Waals surface area contributed by atoms with Gasteiger partial charge in [0.15, 0.2) is 5.03 Å². The Hall–Kier alpha value is -2.45. The molecular weight excluding hydrogens is 366 g/mol. The molecule has 1 aliphatic heterocycles. The van der Waals surface area contributed by atoms with Crippen molar-refractivity contribution in [3.05, 3.63) is 53.7 Å². The van der Waals surface area contributed by atoms with Gasteiger partial charge in [0.05, 0.1) is 18.7 Å². The number of rotatable bonds is 4. The number of carbonyl (C=O) groups excluding carboxylic acids is 1. The molecule has 1 saturated heterocycles. The van der Waals surface area contributed by atoms with Crippen LogP contribution in [0.2, 0.25) is 0 Å². The van der Waals surface area contributed by atoms with E-state index in [1.807, 2.05) is 29.2 Å². The van der Waals surface area contributed by atoms with Gasteiger partial charge in [-0.1, -0.05) is 25.1 Å². The largest absolute Gasteiger partial charge is 0.496 e. The van der Waals surface area contributed by atoms with Crippen molar-refractivity contribution >= 4 is 15.9 Å². The van der Waals surface area contributed by atoms with Crippen molar-refractivity contribution in [2.24, 2.45) is 11.1 Å². The molecule has 0 aliphatic carbocycles. The van der Waals surface area contributed by atoms with E-state index in [1.54, 1.807) is 7.11 Å². The van der Waals surface area contributed by atoms with Crippen LogP contribution in [0.3, 0.4) is 0 Å². The fourth-order valence-electron chi connectivity index (χ4n) is 3.48. The Morgan fingerprint density at radius 2 is 1.96 bits per heavy atom. The number of sulfonamides is 1. The van der Waals surface area contributed by atoms with Crippen LogP contribution in [-0.4, -0.2) is 37.9 Å². The third kappa shape index (κ3) is 4.12. The Morgan fingerprint density at radius 1 is 1.22 bits per heavy atom. The Kier molecular flexibility index (Phi) is 5.48. The molecular formula is C19H23N3O4S. The normalized spacial score (nSPS) is 20.3. The number of methoxy groups -OCH3 is 1. The van der Waals surface area contributed by atoms with Crippen molar-refractivity contribution in [1.29, 1.82) is 0 Å². The highest BCUT2D eigenvalue weighted by Crippen LogP contribution is 2.38. The average Bonchev–Trinajstić information content (AvgIpc) is 2.67. The minimum Gasteiger partial charge on any atom is -0.496 e. The number of hydrogen-bond acceptors (Lipinski definition) is 5. The van der Waals surface area contributed by atoms with Crippen LogP contribution in [-0.2, 0) is 10.0 Å². The van der Waals surface area contributed by atoms with Gasteiger partial charge in [0.1, 0.15) is 5.75 Å². The molecule has 2 atom stereocenters. The molecule has 27 heavy (non-hydrogen) atoms. The SMILES string of the molecule is COc1ccccc1C1CCC(C)CN1C(=O)c1ccc(S(N)(=O)=O)nc1. The zero-order valence-electron chi connectivity index (χ0n) is 15.3. The number of ether oxygens (including phenoxy) is 1. The molecule has 2 unspecified atom stereocenters. The predicted molar refractivity (Wildman–Crippen MR) is 101 cm³/mol. The molecule has 7 nitrogen and oxygen atoms in total. The van der Waals surface area contributed by atoms with E-state index in [1.165, 1.54) is 18.3 Å². The van der Waals surface area contributed by atoms with Crippen molar-refractivity contribution < 1.29 is 17.9 Å². The van der Waals surface area contributed by atoms with Crippen molar-refractivity contribution in [3.8, 4) is 5.75 Å². The van der Waals surface area contributed by atoms with E-state index in [2.05, 4.69) is 11.9 Å². The highest BCUT2D eigenvalue weighted by atomic mass is 32.2. The maximum atomic E-state index is 13.2. The highest BCUT2D eigenvalue weighted by molar-refractivity contribution is 7.89. The number of para-hydroxylation sites is 1. The summed E-state index contributed by atoms with van der Waals surface area (Å²) in [5.74, 6) is 0.931. The summed E-state index contributed by atoms with van der Waals surface area (Å²) in [6.45, 7) is 2.72. The lowest BCUT2D eigenvalue weighted by Crippen LogP contribution is -2.41. The first kappa shape index (κ1) is 19.3. The Balaban J connectivity index is 1.94. The molecule has 0 radical (unpaired) electrons. The fourth-order valence-corrected chi connectivity index (χ4v) is 3.94. The van der Waals surface area contributed by atoms with E-state index >= 15 is 0 Å². The molecule has 3 rings (SSSR count). The van der Waals surface area contributed by atoms with E-state index < -0.39 is 10.0 Å². The molecule has 1 aromatic carbocycles. The number of nitrogens with zero attached hydrogens (tertiary/aromatic N) is 2. The predicted octanol–water partition coefficient (Wildman–Crippen LogP) is 2.35. The van der Waals surface area contributed by atoms with Crippen LogP contribution in [0.15, 0.2) is 47.6 Å². The summed E-state index contributed by atoms with van der Waals surface area (Å²) in [7, 11) is -2.28. The number of primary sulfonamides is 1. The summed E-state index contributed by atoms with van der Waals surface area (Å²) in [4.78, 5) is 18.8. The van der Waals surface area contributed by atoms with Crippen LogP contribution >= 0.6 is 0 Å². The Morgan fingerprint density at radius 3 is 2.59 bits per heavy atom. The van der Waals surface area contributed by atoms with Gasteiger partial charge in [0, 0.05) is 18.3 Å². The topological polar surface area (TPSA) is 103 Å². The summed E-state index contributed by atoms with van der Waals surface area (Å²) in [5.41, 5.74) is 1.30. The summed E-state index contributed by atoms with van der Waals surface area (Å²) in [6, 6.07) is 10.3. The lowest BCUT2D eigenvalue weighted by atomic mass is 9.89. The minimum atomic E-state index is -3.89. The summed E-state index contributed by atoms with van der Waals surface area (Å²) >= 11 is 0. The van der Waals surface area contributed by atoms with Gasteiger partial charge in [-0.15, -0.1) is 0 Å². The molecule has 8 heteroatoms. The van der Waals surface area contributed by atoms with Gasteiger partial charge in [-0.05, 0) is 37.0 Å². The fraction of sp³-hybridized carbons (Fsp3) is 0.368. The van der Waals surface area contributed by atoms with E-state index in [4.69, 9.17) is 9.88 Å². The van der Waals surface area contributed by atoms with Crippen LogP contribution in [0.4, 0.5) is 0 Å². The van der Waals surface area contributed by atoms with Crippen LogP contribution in [0.25, 0.3) is 0 Å². The summed E-state index contributed by atoms with van der Waals surface area (Å²) in [6.07, 6.45) is 3.10. The van der Waals surface area contributed by atoms with E-state index in [9.17, 15) is 13.2 Å². The van der Waals surface area contributed by atoms with Gasteiger partial charge in [0.2, 0.25) is 0 Å². The van der Waals surface area contributed by atoms with Gasteiger partial charge >= 0.3 is 0 Å². The van der Waals surface area contributed by atoms with E-state index in [-0.39, 0.29) is 17.0 Å². The number of aromatic nitrogens is 1. The van der Waals surface area contributed by atoms with Crippen molar-refractivity contribution in [3.63, 3.8) is 0 Å². The minimum absolute atomic E-state index is 0.109.